The second-order valence-corrected chi connectivity index (χ2v) is 5.78. The Morgan fingerprint density at radius 3 is 2.79 bits per heavy atom. The van der Waals surface area contributed by atoms with Crippen molar-refractivity contribution in [2.75, 3.05) is 36.4 Å². The third-order valence-electron chi connectivity index (χ3n) is 3.86. The number of hydrogen-bond donors (Lipinski definition) is 2. The molecule has 0 atom stereocenters. The number of rotatable bonds is 6. The molecular weight excluding hydrogens is 304 g/mol. The molecule has 0 bridgehead atoms. The van der Waals surface area contributed by atoms with Crippen molar-refractivity contribution in [3.05, 3.63) is 41.9 Å². The zero-order valence-electron chi connectivity index (χ0n) is 13.8. The lowest BCUT2D eigenvalue weighted by Gasteiger charge is -2.17. The van der Waals surface area contributed by atoms with Crippen molar-refractivity contribution < 1.29 is 4.79 Å². The van der Waals surface area contributed by atoms with Crippen LogP contribution < -0.4 is 15.5 Å². The highest BCUT2D eigenvalue weighted by atomic mass is 16.1. The van der Waals surface area contributed by atoms with Gasteiger partial charge in [0.2, 0.25) is 5.95 Å². The normalized spacial score (nSPS) is 13.8. The van der Waals surface area contributed by atoms with E-state index in [4.69, 9.17) is 0 Å². The molecular formula is C17H22N6O. The summed E-state index contributed by atoms with van der Waals surface area (Å²) >= 11 is 0. The van der Waals surface area contributed by atoms with Gasteiger partial charge in [0, 0.05) is 44.1 Å². The predicted octanol–water partition coefficient (Wildman–Crippen LogP) is 1.62. The van der Waals surface area contributed by atoms with Gasteiger partial charge in [0.1, 0.15) is 11.5 Å². The van der Waals surface area contributed by atoms with Gasteiger partial charge in [-0.3, -0.25) is 9.78 Å². The molecule has 2 aromatic heterocycles. The molecule has 24 heavy (non-hydrogen) atoms. The van der Waals surface area contributed by atoms with Gasteiger partial charge in [0.25, 0.3) is 5.91 Å². The van der Waals surface area contributed by atoms with Crippen molar-refractivity contribution in [2.24, 2.45) is 0 Å². The quantitative estimate of drug-likeness (QED) is 0.785. The minimum atomic E-state index is -0.180. The molecule has 1 amide bonds. The summed E-state index contributed by atoms with van der Waals surface area (Å²) in [6, 6.07) is 7.28. The van der Waals surface area contributed by atoms with E-state index in [1.165, 1.54) is 12.8 Å². The molecule has 0 radical (unpaired) electrons. The number of aryl methyl sites for hydroxylation is 1. The number of hydrogen-bond acceptors (Lipinski definition) is 6. The van der Waals surface area contributed by atoms with Crippen LogP contribution >= 0.6 is 0 Å². The van der Waals surface area contributed by atoms with Gasteiger partial charge in [-0.1, -0.05) is 6.07 Å². The van der Waals surface area contributed by atoms with Crippen LogP contribution in [0.4, 0.5) is 11.8 Å². The highest BCUT2D eigenvalue weighted by Crippen LogP contribution is 2.19. The van der Waals surface area contributed by atoms with Crippen molar-refractivity contribution in [1.29, 1.82) is 0 Å². The molecule has 7 heteroatoms. The SMILES string of the molecule is Cc1cc(N2CCCC2)nc(NCCNC(=O)c2ccccn2)n1. The van der Waals surface area contributed by atoms with Gasteiger partial charge in [-0.25, -0.2) is 4.98 Å². The Morgan fingerprint density at radius 2 is 2.04 bits per heavy atom. The van der Waals surface area contributed by atoms with E-state index >= 15 is 0 Å². The third-order valence-corrected chi connectivity index (χ3v) is 3.86. The van der Waals surface area contributed by atoms with Gasteiger partial charge in [0.05, 0.1) is 0 Å². The first-order valence-corrected chi connectivity index (χ1v) is 8.26. The van der Waals surface area contributed by atoms with Crippen LogP contribution in [0.5, 0.6) is 0 Å². The van der Waals surface area contributed by atoms with Crippen LogP contribution in [-0.2, 0) is 0 Å². The van der Waals surface area contributed by atoms with Gasteiger partial charge in [0.15, 0.2) is 0 Å². The fourth-order valence-corrected chi connectivity index (χ4v) is 2.68. The molecule has 3 heterocycles. The third kappa shape index (κ3) is 4.18. The Labute approximate surface area is 141 Å². The Morgan fingerprint density at radius 1 is 1.21 bits per heavy atom. The average molecular weight is 326 g/mol. The molecule has 1 aliphatic rings. The molecule has 7 nitrogen and oxygen atoms in total. The second-order valence-electron chi connectivity index (χ2n) is 5.78. The second kappa shape index (κ2) is 7.72. The van der Waals surface area contributed by atoms with E-state index in [0.29, 0.717) is 24.7 Å². The van der Waals surface area contributed by atoms with Gasteiger partial charge < -0.3 is 15.5 Å². The van der Waals surface area contributed by atoms with E-state index in [0.717, 1.165) is 24.6 Å². The van der Waals surface area contributed by atoms with E-state index in [1.807, 2.05) is 13.0 Å². The lowest BCUT2D eigenvalue weighted by atomic mass is 10.3. The van der Waals surface area contributed by atoms with E-state index in [-0.39, 0.29) is 5.91 Å². The zero-order valence-corrected chi connectivity index (χ0v) is 13.8. The highest BCUT2D eigenvalue weighted by molar-refractivity contribution is 5.92. The largest absolute Gasteiger partial charge is 0.356 e. The van der Waals surface area contributed by atoms with Crippen LogP contribution in [0.1, 0.15) is 29.0 Å². The van der Waals surface area contributed by atoms with Crippen LogP contribution in [0.15, 0.2) is 30.5 Å². The molecule has 1 fully saturated rings. The van der Waals surface area contributed by atoms with Gasteiger partial charge >= 0.3 is 0 Å². The first-order chi connectivity index (χ1) is 11.7. The summed E-state index contributed by atoms with van der Waals surface area (Å²) in [4.78, 5) is 27.2. The summed E-state index contributed by atoms with van der Waals surface area (Å²) in [6.45, 7) is 5.11. The molecule has 0 saturated carbocycles. The fraction of sp³-hybridized carbons (Fsp3) is 0.412. The van der Waals surface area contributed by atoms with Crippen LogP contribution in [0.3, 0.4) is 0 Å². The van der Waals surface area contributed by atoms with Crippen molar-refractivity contribution in [3.8, 4) is 0 Å². The molecule has 126 valence electrons. The summed E-state index contributed by atoms with van der Waals surface area (Å²) < 4.78 is 0. The minimum absolute atomic E-state index is 0.180. The van der Waals surface area contributed by atoms with E-state index in [2.05, 4.69) is 30.5 Å². The summed E-state index contributed by atoms with van der Waals surface area (Å²) in [5.41, 5.74) is 1.35. The predicted molar refractivity (Wildman–Crippen MR) is 93.3 cm³/mol. The molecule has 1 saturated heterocycles. The van der Waals surface area contributed by atoms with Crippen molar-refractivity contribution in [1.82, 2.24) is 20.3 Å². The van der Waals surface area contributed by atoms with Crippen LogP contribution in [-0.4, -0.2) is 47.0 Å². The number of carbonyl (C=O) groups excluding carboxylic acids is 1. The maximum absolute atomic E-state index is 11.9. The molecule has 2 N–H and O–H groups in total. The summed E-state index contributed by atoms with van der Waals surface area (Å²) in [5.74, 6) is 1.39. The molecule has 0 unspecified atom stereocenters. The molecule has 1 aliphatic heterocycles. The van der Waals surface area contributed by atoms with E-state index < -0.39 is 0 Å². The van der Waals surface area contributed by atoms with Crippen molar-refractivity contribution in [2.45, 2.75) is 19.8 Å². The van der Waals surface area contributed by atoms with Crippen LogP contribution in [0, 0.1) is 6.92 Å². The Balaban J connectivity index is 1.50. The Kier molecular flexibility index (Phi) is 5.20. The first-order valence-electron chi connectivity index (χ1n) is 8.26. The molecule has 0 aromatic carbocycles. The van der Waals surface area contributed by atoms with Crippen LogP contribution in [0.25, 0.3) is 0 Å². The summed E-state index contributed by atoms with van der Waals surface area (Å²) in [5, 5.41) is 6.00. The Bertz CT molecular complexity index is 685. The average Bonchev–Trinajstić information content (AvgIpc) is 3.13. The van der Waals surface area contributed by atoms with Crippen molar-refractivity contribution >= 4 is 17.7 Å². The van der Waals surface area contributed by atoms with Crippen LogP contribution in [0.2, 0.25) is 0 Å². The molecule has 2 aromatic rings. The molecule has 3 rings (SSSR count). The van der Waals surface area contributed by atoms with Gasteiger partial charge in [-0.15, -0.1) is 0 Å². The lowest BCUT2D eigenvalue weighted by molar-refractivity contribution is 0.0950. The highest BCUT2D eigenvalue weighted by Gasteiger charge is 2.15. The molecule has 0 spiro atoms. The number of anilines is 2. The zero-order chi connectivity index (χ0) is 16.8. The number of aromatic nitrogens is 3. The topological polar surface area (TPSA) is 83.0 Å². The van der Waals surface area contributed by atoms with E-state index in [9.17, 15) is 4.79 Å². The maximum atomic E-state index is 11.9. The van der Waals surface area contributed by atoms with Crippen molar-refractivity contribution in [3.63, 3.8) is 0 Å². The first kappa shape index (κ1) is 16.2. The van der Waals surface area contributed by atoms with Gasteiger partial charge in [-0.05, 0) is 31.9 Å². The number of amides is 1. The minimum Gasteiger partial charge on any atom is -0.356 e. The maximum Gasteiger partial charge on any atom is 0.269 e. The summed E-state index contributed by atoms with van der Waals surface area (Å²) in [6.07, 6.45) is 4.03. The number of carbonyl (C=O) groups is 1. The number of nitrogens with zero attached hydrogens (tertiary/aromatic N) is 4. The standard InChI is InChI=1S/C17H22N6O/c1-13-12-15(23-10-4-5-11-23)22-17(21-13)20-9-8-19-16(24)14-6-2-3-7-18-14/h2-3,6-7,12H,4-5,8-11H2,1H3,(H,19,24)(H,20,21,22). The number of nitrogens with one attached hydrogen (secondary N) is 2. The lowest BCUT2D eigenvalue weighted by Crippen LogP contribution is -2.29. The fourth-order valence-electron chi connectivity index (χ4n) is 2.68. The smallest absolute Gasteiger partial charge is 0.269 e. The molecule has 0 aliphatic carbocycles. The van der Waals surface area contributed by atoms with E-state index in [1.54, 1.807) is 24.4 Å². The number of pyridine rings is 1. The van der Waals surface area contributed by atoms with Gasteiger partial charge in [-0.2, -0.15) is 4.98 Å². The Hall–Kier alpha value is -2.70. The summed E-state index contributed by atoms with van der Waals surface area (Å²) in [7, 11) is 0. The monoisotopic (exact) mass is 326 g/mol.